The largest absolute Gasteiger partial charge is 0.324 e. The van der Waals surface area contributed by atoms with Gasteiger partial charge in [-0.25, -0.2) is 0 Å². The zero-order valence-corrected chi connectivity index (χ0v) is 12.4. The molecule has 0 fully saturated rings. The molecule has 0 saturated carbocycles. The van der Waals surface area contributed by atoms with Crippen molar-refractivity contribution in [2.24, 2.45) is 5.73 Å². The van der Waals surface area contributed by atoms with Crippen molar-refractivity contribution in [1.82, 2.24) is 4.98 Å². The lowest BCUT2D eigenvalue weighted by Gasteiger charge is -2.13. The van der Waals surface area contributed by atoms with Crippen LogP contribution in [0.4, 0.5) is 0 Å². The standard InChI is InChI=1S/C14H14BrClN2/c1-9-4-11(2-3-13(9)16)14(17)6-10-5-12(15)8-18-7-10/h2-5,7-8,14H,6,17H2,1H3. The van der Waals surface area contributed by atoms with Crippen LogP contribution in [0.25, 0.3) is 0 Å². The van der Waals surface area contributed by atoms with Gasteiger partial charge in [0.15, 0.2) is 0 Å². The number of nitrogens with zero attached hydrogens (tertiary/aromatic N) is 1. The molecule has 1 aromatic heterocycles. The molecule has 0 aliphatic carbocycles. The van der Waals surface area contributed by atoms with Crippen LogP contribution in [-0.4, -0.2) is 4.98 Å². The molecule has 4 heteroatoms. The summed E-state index contributed by atoms with van der Waals surface area (Å²) in [6.07, 6.45) is 4.36. The van der Waals surface area contributed by atoms with E-state index in [0.29, 0.717) is 0 Å². The van der Waals surface area contributed by atoms with E-state index < -0.39 is 0 Å². The van der Waals surface area contributed by atoms with Gasteiger partial charge in [0.2, 0.25) is 0 Å². The maximum absolute atomic E-state index is 6.21. The van der Waals surface area contributed by atoms with Crippen molar-refractivity contribution in [1.29, 1.82) is 0 Å². The number of aromatic nitrogens is 1. The highest BCUT2D eigenvalue weighted by atomic mass is 79.9. The van der Waals surface area contributed by atoms with Crippen LogP contribution >= 0.6 is 27.5 Å². The predicted octanol–water partition coefficient (Wildman–Crippen LogP) is 4.05. The number of hydrogen-bond donors (Lipinski definition) is 1. The number of pyridine rings is 1. The summed E-state index contributed by atoms with van der Waals surface area (Å²) in [5.41, 5.74) is 9.47. The number of hydrogen-bond acceptors (Lipinski definition) is 2. The molecule has 94 valence electrons. The third-order valence-corrected chi connectivity index (χ3v) is 3.69. The fraction of sp³-hybridized carbons (Fsp3) is 0.214. The van der Waals surface area contributed by atoms with Gasteiger partial charge in [0.25, 0.3) is 0 Å². The maximum atomic E-state index is 6.21. The van der Waals surface area contributed by atoms with Crippen LogP contribution in [0.1, 0.15) is 22.7 Å². The van der Waals surface area contributed by atoms with Gasteiger partial charge in [-0.3, -0.25) is 4.98 Å². The van der Waals surface area contributed by atoms with Crippen molar-refractivity contribution < 1.29 is 0 Å². The molecule has 0 spiro atoms. The molecule has 0 aliphatic heterocycles. The van der Waals surface area contributed by atoms with Crippen molar-refractivity contribution in [3.8, 4) is 0 Å². The minimum absolute atomic E-state index is 0.0444. The molecule has 2 nitrogen and oxygen atoms in total. The highest BCUT2D eigenvalue weighted by Crippen LogP contribution is 2.22. The Bertz CT molecular complexity index is 557. The van der Waals surface area contributed by atoms with Gasteiger partial charge < -0.3 is 5.73 Å². The molecule has 1 atom stereocenters. The van der Waals surface area contributed by atoms with Crippen LogP contribution in [0, 0.1) is 6.92 Å². The molecule has 0 aliphatic rings. The maximum Gasteiger partial charge on any atom is 0.0435 e. The summed E-state index contributed by atoms with van der Waals surface area (Å²) in [7, 11) is 0. The Kier molecular flexibility index (Phi) is 4.38. The van der Waals surface area contributed by atoms with Crippen molar-refractivity contribution in [2.45, 2.75) is 19.4 Å². The fourth-order valence-corrected chi connectivity index (χ4v) is 2.37. The second-order valence-electron chi connectivity index (χ2n) is 4.33. The number of benzene rings is 1. The molecular weight excluding hydrogens is 312 g/mol. The molecule has 2 aromatic rings. The SMILES string of the molecule is Cc1cc(C(N)Cc2cncc(Br)c2)ccc1Cl. The van der Waals surface area contributed by atoms with Crippen LogP contribution in [0.5, 0.6) is 0 Å². The van der Waals surface area contributed by atoms with E-state index in [4.69, 9.17) is 17.3 Å². The van der Waals surface area contributed by atoms with E-state index in [0.717, 1.165) is 32.6 Å². The zero-order valence-electron chi connectivity index (χ0n) is 10.0. The Morgan fingerprint density at radius 1 is 1.33 bits per heavy atom. The molecule has 1 heterocycles. The van der Waals surface area contributed by atoms with E-state index in [1.165, 1.54) is 0 Å². The quantitative estimate of drug-likeness (QED) is 0.924. The highest BCUT2D eigenvalue weighted by molar-refractivity contribution is 9.10. The Labute approximate surface area is 120 Å². The zero-order chi connectivity index (χ0) is 13.1. The summed E-state index contributed by atoms with van der Waals surface area (Å²) in [6, 6.07) is 7.90. The van der Waals surface area contributed by atoms with Crippen LogP contribution in [0.3, 0.4) is 0 Å². The van der Waals surface area contributed by atoms with E-state index in [9.17, 15) is 0 Å². The van der Waals surface area contributed by atoms with Gasteiger partial charge in [-0.2, -0.15) is 0 Å². The molecule has 0 saturated heterocycles. The average molecular weight is 326 g/mol. The van der Waals surface area contributed by atoms with Gasteiger partial charge in [0, 0.05) is 27.9 Å². The topological polar surface area (TPSA) is 38.9 Å². The van der Waals surface area contributed by atoms with Crippen LogP contribution in [0.2, 0.25) is 5.02 Å². The Hall–Kier alpha value is -0.900. The lowest BCUT2D eigenvalue weighted by molar-refractivity contribution is 0.718. The minimum atomic E-state index is -0.0444. The van der Waals surface area contributed by atoms with Gasteiger partial charge in [0.05, 0.1) is 0 Å². The van der Waals surface area contributed by atoms with E-state index in [2.05, 4.69) is 20.9 Å². The van der Waals surface area contributed by atoms with E-state index in [-0.39, 0.29) is 6.04 Å². The Balaban J connectivity index is 2.16. The van der Waals surface area contributed by atoms with Crippen molar-refractivity contribution >= 4 is 27.5 Å². The lowest BCUT2D eigenvalue weighted by atomic mass is 9.99. The molecule has 18 heavy (non-hydrogen) atoms. The van der Waals surface area contributed by atoms with Crippen molar-refractivity contribution in [2.75, 3.05) is 0 Å². The summed E-state index contributed by atoms with van der Waals surface area (Å²) < 4.78 is 0.972. The fourth-order valence-electron chi connectivity index (χ4n) is 1.84. The second-order valence-corrected chi connectivity index (χ2v) is 5.65. The number of aryl methyl sites for hydroxylation is 1. The first-order valence-electron chi connectivity index (χ1n) is 5.67. The third-order valence-electron chi connectivity index (χ3n) is 2.83. The molecule has 0 amide bonds. The first-order valence-corrected chi connectivity index (χ1v) is 6.84. The monoisotopic (exact) mass is 324 g/mol. The summed E-state index contributed by atoms with van der Waals surface area (Å²) in [6.45, 7) is 1.99. The van der Waals surface area contributed by atoms with Crippen LogP contribution in [-0.2, 0) is 6.42 Å². The van der Waals surface area contributed by atoms with E-state index in [1.807, 2.05) is 37.4 Å². The molecular formula is C14H14BrClN2. The molecule has 0 bridgehead atoms. The van der Waals surface area contributed by atoms with Gasteiger partial charge in [0.1, 0.15) is 0 Å². The van der Waals surface area contributed by atoms with Gasteiger partial charge in [-0.15, -0.1) is 0 Å². The predicted molar refractivity (Wildman–Crippen MR) is 78.8 cm³/mol. The first kappa shape index (κ1) is 13.5. The summed E-state index contributed by atoms with van der Waals surface area (Å²) >= 11 is 9.42. The van der Waals surface area contributed by atoms with Crippen LogP contribution in [0.15, 0.2) is 41.1 Å². The molecule has 2 rings (SSSR count). The van der Waals surface area contributed by atoms with Crippen LogP contribution < -0.4 is 5.73 Å². The highest BCUT2D eigenvalue weighted by Gasteiger charge is 2.09. The minimum Gasteiger partial charge on any atom is -0.324 e. The Morgan fingerprint density at radius 2 is 2.11 bits per heavy atom. The van der Waals surface area contributed by atoms with Crippen molar-refractivity contribution in [3.05, 3.63) is 62.8 Å². The molecule has 2 N–H and O–H groups in total. The van der Waals surface area contributed by atoms with Gasteiger partial charge >= 0.3 is 0 Å². The molecule has 1 aromatic carbocycles. The number of rotatable bonds is 3. The second kappa shape index (κ2) is 5.83. The molecule has 1 unspecified atom stereocenters. The Morgan fingerprint density at radius 3 is 2.78 bits per heavy atom. The average Bonchev–Trinajstić information content (AvgIpc) is 2.32. The number of nitrogens with two attached hydrogens (primary N) is 1. The molecule has 0 radical (unpaired) electrons. The smallest absolute Gasteiger partial charge is 0.0435 e. The first-order chi connectivity index (χ1) is 8.56. The van der Waals surface area contributed by atoms with Gasteiger partial charge in [-0.1, -0.05) is 23.7 Å². The summed E-state index contributed by atoms with van der Waals surface area (Å²) in [4.78, 5) is 4.14. The summed E-state index contributed by atoms with van der Waals surface area (Å²) in [5, 5.41) is 0.773. The normalized spacial score (nSPS) is 12.4. The van der Waals surface area contributed by atoms with E-state index in [1.54, 1.807) is 6.20 Å². The van der Waals surface area contributed by atoms with E-state index >= 15 is 0 Å². The number of halogens is 2. The van der Waals surface area contributed by atoms with Crippen molar-refractivity contribution in [3.63, 3.8) is 0 Å². The third kappa shape index (κ3) is 3.31. The lowest BCUT2D eigenvalue weighted by Crippen LogP contribution is -2.13. The summed E-state index contributed by atoms with van der Waals surface area (Å²) in [5.74, 6) is 0. The van der Waals surface area contributed by atoms with Gasteiger partial charge in [-0.05, 0) is 58.1 Å².